The van der Waals surface area contributed by atoms with Crippen molar-refractivity contribution in [2.24, 2.45) is 4.99 Å². The topological polar surface area (TPSA) is 60.0 Å². The van der Waals surface area contributed by atoms with Gasteiger partial charge >= 0.3 is 0 Å². The monoisotopic (exact) mass is 783 g/mol. The lowest BCUT2D eigenvalue weighted by Gasteiger charge is -2.09. The molecule has 60 heavy (non-hydrogen) atoms. The Morgan fingerprint density at radius 3 is 1.70 bits per heavy atom. The van der Waals surface area contributed by atoms with Crippen molar-refractivity contribution in [3.63, 3.8) is 0 Å². The van der Waals surface area contributed by atoms with Crippen molar-refractivity contribution >= 4 is 23.6 Å². The lowest BCUT2D eigenvalue weighted by molar-refractivity contribution is 1.04. The highest BCUT2D eigenvalue weighted by Crippen LogP contribution is 2.28. The van der Waals surface area contributed by atoms with Crippen molar-refractivity contribution in [2.45, 2.75) is 53.0 Å². The molecule has 8 rings (SSSR count). The number of nitrogens with zero attached hydrogens (tertiary/aromatic N) is 2. The molecule has 3 heteroatoms. The zero-order chi connectivity index (χ0) is 43.0. The molecule has 0 amide bonds. The van der Waals surface area contributed by atoms with Crippen LogP contribution in [0, 0.1) is 30.6 Å². The first-order valence-corrected chi connectivity index (χ1v) is 20.4. The summed E-state index contributed by atoms with van der Waals surface area (Å²) in [5.74, 6) is 0. The van der Waals surface area contributed by atoms with Crippen LogP contribution in [0.1, 0.15) is 71.6 Å². The van der Waals surface area contributed by atoms with E-state index in [4.69, 9.17) is 10.7 Å². The third-order valence-corrected chi connectivity index (χ3v) is 9.71. The number of nitrogens with one attached hydrogen (secondary N) is 1. The molecule has 6 aromatic carbocycles. The first-order chi connectivity index (χ1) is 29.3. The van der Waals surface area contributed by atoms with Crippen LogP contribution in [0.15, 0.2) is 206 Å². The van der Waals surface area contributed by atoms with Crippen LogP contribution in [0.2, 0.25) is 0 Å². The van der Waals surface area contributed by atoms with Gasteiger partial charge in [0, 0.05) is 5.71 Å². The largest absolute Gasteiger partial charge is 0.305 e. The van der Waals surface area contributed by atoms with Crippen molar-refractivity contribution in [1.29, 1.82) is 10.7 Å². The van der Waals surface area contributed by atoms with Crippen LogP contribution in [-0.2, 0) is 6.54 Å². The van der Waals surface area contributed by atoms with Crippen molar-refractivity contribution in [1.82, 2.24) is 0 Å². The van der Waals surface area contributed by atoms with Gasteiger partial charge in [-0.15, -0.1) is 13.2 Å². The van der Waals surface area contributed by atoms with E-state index in [1.54, 1.807) is 0 Å². The number of rotatable bonds is 7. The average Bonchev–Trinajstić information content (AvgIpc) is 3.32. The van der Waals surface area contributed by atoms with Gasteiger partial charge in [0.05, 0.1) is 18.2 Å². The maximum absolute atomic E-state index is 9.16. The molecule has 0 atom stereocenters. The van der Waals surface area contributed by atoms with Crippen LogP contribution >= 0.6 is 0 Å². The zero-order valence-corrected chi connectivity index (χ0v) is 35.4. The fourth-order valence-corrected chi connectivity index (χ4v) is 6.57. The summed E-state index contributed by atoms with van der Waals surface area (Å²) in [6.07, 6.45) is 18.1. The summed E-state index contributed by atoms with van der Waals surface area (Å²) in [6, 6.07) is 54.0. The van der Waals surface area contributed by atoms with Gasteiger partial charge in [-0.2, -0.15) is 5.26 Å². The van der Waals surface area contributed by atoms with E-state index in [0.29, 0.717) is 17.8 Å². The van der Waals surface area contributed by atoms with Gasteiger partial charge in [-0.1, -0.05) is 181 Å². The molecular formula is C57H57N3. The predicted octanol–water partition coefficient (Wildman–Crippen LogP) is 15.4. The van der Waals surface area contributed by atoms with E-state index in [9.17, 15) is 0 Å². The van der Waals surface area contributed by atoms with E-state index in [1.165, 1.54) is 45.4 Å². The molecule has 1 N–H and O–H groups in total. The molecule has 0 unspecified atom stereocenters. The molecule has 0 saturated carbocycles. The molecule has 0 spiro atoms. The SMILES string of the molecule is C1=CC(c2cccc(-c3ccccc3)c2)=CCC1.C=C.C=NCc1cccc(-c2cc(C)ccc2C#N)c1.CC(=N)c1ccc(C2=CCCC=C2)cc1.Cc1ccccc1. The van der Waals surface area contributed by atoms with E-state index in [-0.39, 0.29) is 0 Å². The van der Waals surface area contributed by atoms with Gasteiger partial charge in [-0.25, -0.2) is 0 Å². The number of hydrogen-bond donors (Lipinski definition) is 1. The molecule has 0 radical (unpaired) electrons. The smallest absolute Gasteiger partial charge is 0.0998 e. The quantitative estimate of drug-likeness (QED) is 0.127. The third-order valence-electron chi connectivity index (χ3n) is 9.71. The second-order valence-corrected chi connectivity index (χ2v) is 14.3. The number of aliphatic imine (C=N–C) groups is 1. The Hall–Kier alpha value is -7.15. The lowest BCUT2D eigenvalue weighted by Crippen LogP contribution is -1.92. The van der Waals surface area contributed by atoms with Crippen molar-refractivity contribution in [3.05, 3.63) is 240 Å². The highest BCUT2D eigenvalue weighted by atomic mass is 14.7. The average molecular weight is 784 g/mol. The van der Waals surface area contributed by atoms with Crippen LogP contribution in [0.5, 0.6) is 0 Å². The molecule has 0 aliphatic heterocycles. The van der Waals surface area contributed by atoms with E-state index in [1.807, 2.05) is 80.6 Å². The fraction of sp³-hybridized carbons (Fsp3) is 0.140. The molecule has 2 aliphatic rings. The Labute approximate surface area is 359 Å². The molecule has 3 nitrogen and oxygen atoms in total. The second kappa shape index (κ2) is 25.3. The maximum Gasteiger partial charge on any atom is 0.0998 e. The lowest BCUT2D eigenvalue weighted by atomic mass is 9.96. The molecule has 0 heterocycles. The summed E-state index contributed by atoms with van der Waals surface area (Å²) in [7, 11) is 0. The van der Waals surface area contributed by atoms with Crippen LogP contribution in [0.4, 0.5) is 0 Å². The molecule has 300 valence electrons. The van der Waals surface area contributed by atoms with E-state index in [2.05, 4.69) is 159 Å². The minimum atomic E-state index is 0.599. The summed E-state index contributed by atoms with van der Waals surface area (Å²) < 4.78 is 0. The normalized spacial score (nSPS) is 12.0. The first-order valence-electron chi connectivity index (χ1n) is 20.4. The van der Waals surface area contributed by atoms with Gasteiger partial charge in [0.15, 0.2) is 0 Å². The van der Waals surface area contributed by atoms with E-state index in [0.717, 1.165) is 47.1 Å². The van der Waals surface area contributed by atoms with Crippen LogP contribution < -0.4 is 0 Å². The summed E-state index contributed by atoms with van der Waals surface area (Å²) in [5, 5.41) is 16.7. The van der Waals surface area contributed by atoms with Crippen molar-refractivity contribution in [2.75, 3.05) is 0 Å². The number of allylic oxidation sites excluding steroid dienone is 8. The van der Waals surface area contributed by atoms with Crippen LogP contribution in [0.25, 0.3) is 33.4 Å². The van der Waals surface area contributed by atoms with Gasteiger partial charge < -0.3 is 5.41 Å². The zero-order valence-electron chi connectivity index (χ0n) is 35.4. The Morgan fingerprint density at radius 2 is 1.15 bits per heavy atom. The molecule has 6 aromatic rings. The Kier molecular flexibility index (Phi) is 19.2. The summed E-state index contributed by atoms with van der Waals surface area (Å²) in [4.78, 5) is 3.89. The van der Waals surface area contributed by atoms with Crippen molar-refractivity contribution < 1.29 is 0 Å². The first kappa shape index (κ1) is 45.6. The fourth-order valence-electron chi connectivity index (χ4n) is 6.57. The van der Waals surface area contributed by atoms with Gasteiger partial charge in [-0.3, -0.25) is 4.99 Å². The third kappa shape index (κ3) is 14.7. The highest BCUT2D eigenvalue weighted by molar-refractivity contribution is 5.96. The highest BCUT2D eigenvalue weighted by Gasteiger charge is 2.07. The number of benzene rings is 6. The molecule has 2 aliphatic carbocycles. The van der Waals surface area contributed by atoms with Gasteiger partial charge in [0.25, 0.3) is 0 Å². The van der Waals surface area contributed by atoms with Gasteiger partial charge in [0.2, 0.25) is 0 Å². The van der Waals surface area contributed by atoms with E-state index >= 15 is 0 Å². The molecule has 0 saturated heterocycles. The second-order valence-electron chi connectivity index (χ2n) is 14.3. The minimum Gasteiger partial charge on any atom is -0.305 e. The number of nitriles is 1. The van der Waals surface area contributed by atoms with Crippen LogP contribution in [-0.4, -0.2) is 12.4 Å². The molecule has 0 bridgehead atoms. The number of aryl methyl sites for hydroxylation is 2. The predicted molar refractivity (Wildman–Crippen MR) is 261 cm³/mol. The summed E-state index contributed by atoms with van der Waals surface area (Å²) >= 11 is 0. The molecular weight excluding hydrogens is 727 g/mol. The molecule has 0 fully saturated rings. The van der Waals surface area contributed by atoms with Crippen molar-refractivity contribution in [3.8, 4) is 28.3 Å². The summed E-state index contributed by atoms with van der Waals surface area (Å²) in [6.45, 7) is 16.0. The number of hydrogen-bond acceptors (Lipinski definition) is 3. The standard InChI is InChI=1S/C18H16.C16H14N2.C14H15N.C7H8.C2H4/c1-3-8-15(9-4-1)17-12-7-13-18(14-17)16-10-5-2-6-11-16;1-12-6-7-15(10-17)16(8-12)14-5-3-4-13(9-14)11-18-2;1-11(15)12-7-9-14(10-8-12)13-5-3-2-4-6-13;1-7-5-3-2-4-6-7;1-2/h1,3-5,7-14H,2,6H2;3-9H,2,11H2,1H3;3,5-10,15H,2,4H2,1H3;2-6H,1H3;1-2H2. The van der Waals surface area contributed by atoms with Crippen LogP contribution in [0.3, 0.4) is 0 Å². The minimum absolute atomic E-state index is 0.599. The Bertz CT molecular complexity index is 2440. The van der Waals surface area contributed by atoms with Gasteiger partial charge in [0.1, 0.15) is 0 Å². The maximum atomic E-state index is 9.16. The van der Waals surface area contributed by atoms with Gasteiger partial charge in [-0.05, 0) is 127 Å². The molecule has 0 aromatic heterocycles. The summed E-state index contributed by atoms with van der Waals surface area (Å²) in [5.41, 5.74) is 15.7. The van der Waals surface area contributed by atoms with E-state index < -0.39 is 0 Å². The Balaban J connectivity index is 0.000000181. The Morgan fingerprint density at radius 1 is 0.583 bits per heavy atom.